The number of fused-ring (bicyclic) bond motifs is 1. The molecular weight excluding hydrogens is 358 g/mol. The lowest BCUT2D eigenvalue weighted by atomic mass is 10.1. The summed E-state index contributed by atoms with van der Waals surface area (Å²) in [4.78, 5) is 23.7. The number of para-hydroxylation sites is 1. The van der Waals surface area contributed by atoms with E-state index in [0.29, 0.717) is 5.82 Å². The fourth-order valence-electron chi connectivity index (χ4n) is 3.04. The first kappa shape index (κ1) is 15.3. The summed E-state index contributed by atoms with van der Waals surface area (Å²) in [5.41, 5.74) is 1.74. The summed E-state index contributed by atoms with van der Waals surface area (Å²) < 4.78 is 32.5. The molecule has 28 heavy (non-hydrogen) atoms. The van der Waals surface area contributed by atoms with E-state index in [4.69, 9.17) is 17.0 Å². The van der Waals surface area contributed by atoms with E-state index in [1.807, 2.05) is 30.5 Å². The minimum Gasteiger partial charge on any atom is -0.493 e. The molecule has 0 atom stereocenters. The minimum atomic E-state index is -0.567. The molecule has 0 amide bonds. The Kier molecular flexibility index (Phi) is 3.89. The number of rotatable bonds is 6. The van der Waals surface area contributed by atoms with E-state index >= 15 is 0 Å². The summed E-state index contributed by atoms with van der Waals surface area (Å²) in [6, 6.07) is 7.23. The van der Waals surface area contributed by atoms with Gasteiger partial charge in [0.1, 0.15) is 11.5 Å². The Morgan fingerprint density at radius 3 is 2.46 bits per heavy atom. The number of hydrogen-bond donors (Lipinski definition) is 2. The average Bonchev–Trinajstić information content (AvgIpc) is 3.40. The van der Waals surface area contributed by atoms with Crippen LogP contribution in [0.2, 0.25) is 0 Å². The van der Waals surface area contributed by atoms with E-state index in [2.05, 4.69) is 15.0 Å². The number of carbonyl (C=O) groups excluding carboxylic acids is 1. The summed E-state index contributed by atoms with van der Waals surface area (Å²) in [5.74, 6) is 0.0647. The monoisotopic (exact) mass is 379 g/mol. The Morgan fingerprint density at radius 1 is 1.07 bits per heavy atom. The quantitative estimate of drug-likeness (QED) is 0.497. The van der Waals surface area contributed by atoms with Crippen molar-refractivity contribution in [3.63, 3.8) is 0 Å². The number of ketones is 1. The van der Waals surface area contributed by atoms with Gasteiger partial charge in [0, 0.05) is 28.2 Å². The van der Waals surface area contributed by atoms with Gasteiger partial charge in [-0.2, -0.15) is 0 Å². The highest BCUT2D eigenvalue weighted by molar-refractivity contribution is 6.09. The maximum atomic E-state index is 13.2. The van der Waals surface area contributed by atoms with Crippen LogP contribution in [-0.4, -0.2) is 42.1 Å². The van der Waals surface area contributed by atoms with Gasteiger partial charge in [0.2, 0.25) is 11.5 Å². The van der Waals surface area contributed by atoms with Gasteiger partial charge in [-0.25, -0.2) is 4.98 Å². The van der Waals surface area contributed by atoms with E-state index in [0.717, 1.165) is 16.5 Å². The number of nitrogens with zero attached hydrogens (tertiary/aromatic N) is 1. The lowest BCUT2D eigenvalue weighted by molar-refractivity contribution is 0.103. The third-order valence-electron chi connectivity index (χ3n) is 4.39. The van der Waals surface area contributed by atoms with Crippen molar-refractivity contribution in [3.05, 3.63) is 60.0 Å². The molecule has 142 valence electrons. The molecule has 7 heteroatoms. The molecule has 0 unspecified atom stereocenters. The average molecular weight is 379 g/mol. The predicted octanol–water partition coefficient (Wildman–Crippen LogP) is 3.81. The van der Waals surface area contributed by atoms with Crippen molar-refractivity contribution in [1.82, 2.24) is 15.0 Å². The number of H-pyrrole nitrogens is 2. The fraction of sp³-hybridized carbons (Fsp3) is 0.143. The van der Waals surface area contributed by atoms with Crippen LogP contribution in [-0.2, 0) is 0 Å². The van der Waals surface area contributed by atoms with Gasteiger partial charge in [-0.1, -0.05) is 18.2 Å². The van der Waals surface area contributed by atoms with Crippen LogP contribution < -0.4 is 14.2 Å². The van der Waals surface area contributed by atoms with Gasteiger partial charge in [0.05, 0.1) is 30.3 Å². The first-order chi connectivity index (χ1) is 14.5. The molecule has 7 nitrogen and oxygen atoms in total. The number of aromatic nitrogens is 3. The zero-order valence-corrected chi connectivity index (χ0v) is 15.5. The number of benzene rings is 2. The van der Waals surface area contributed by atoms with Crippen molar-refractivity contribution in [1.29, 1.82) is 0 Å². The van der Waals surface area contributed by atoms with Crippen LogP contribution in [0.4, 0.5) is 0 Å². The Morgan fingerprint density at radius 2 is 1.79 bits per heavy atom. The molecule has 2 aromatic heterocycles. The molecule has 0 aliphatic heterocycles. The minimum absolute atomic E-state index is 0.0186. The van der Waals surface area contributed by atoms with Crippen LogP contribution in [0, 0.1) is 0 Å². The summed E-state index contributed by atoms with van der Waals surface area (Å²) in [7, 11) is 4.10. The second kappa shape index (κ2) is 7.11. The van der Waals surface area contributed by atoms with Gasteiger partial charge in [-0.3, -0.25) is 4.79 Å². The summed E-state index contributed by atoms with van der Waals surface area (Å²) in [6.07, 6.45) is 3.20. The number of hydrogen-bond acceptors (Lipinski definition) is 5. The molecule has 0 saturated carbocycles. The van der Waals surface area contributed by atoms with E-state index < -0.39 is 5.78 Å². The molecule has 0 aliphatic rings. The van der Waals surface area contributed by atoms with Crippen molar-refractivity contribution < 1.29 is 21.7 Å². The fourth-order valence-corrected chi connectivity index (χ4v) is 3.04. The third kappa shape index (κ3) is 2.87. The predicted molar refractivity (Wildman–Crippen MR) is 105 cm³/mol. The summed E-state index contributed by atoms with van der Waals surface area (Å²) in [5, 5.41) is 0.959. The van der Waals surface area contributed by atoms with Crippen LogP contribution in [0.1, 0.15) is 18.8 Å². The second-order valence-corrected chi connectivity index (χ2v) is 5.95. The molecule has 2 aromatic carbocycles. The van der Waals surface area contributed by atoms with Crippen LogP contribution >= 0.6 is 0 Å². The Hall–Kier alpha value is -3.74. The first-order valence-electron chi connectivity index (χ1n) is 9.47. The highest BCUT2D eigenvalue weighted by Gasteiger charge is 2.20. The number of imidazole rings is 1. The Bertz CT molecular complexity index is 1230. The molecule has 0 spiro atoms. The highest BCUT2D eigenvalue weighted by atomic mass is 16.5. The topological polar surface area (TPSA) is 89.2 Å². The van der Waals surface area contributed by atoms with Crippen molar-refractivity contribution >= 4 is 16.7 Å². The molecule has 2 N–H and O–H groups in total. The largest absolute Gasteiger partial charge is 0.493 e. The lowest BCUT2D eigenvalue weighted by Crippen LogP contribution is -2.04. The van der Waals surface area contributed by atoms with Crippen molar-refractivity contribution in [2.24, 2.45) is 0 Å². The van der Waals surface area contributed by atoms with Crippen molar-refractivity contribution in [3.8, 4) is 28.6 Å². The Labute approximate surface area is 164 Å². The molecular formula is C21H19N3O4. The standard InChI is InChI=1S/C21H19N3O4/c1-26-17-8-12(9-18(27-2)20(17)28-3)19(25)16-11-23-21(24-16)14-10-22-15-7-5-4-6-13(14)15/h4-11,22H,1-3H3,(H,23,24)/i8D,9D. The molecule has 0 aliphatic carbocycles. The van der Waals surface area contributed by atoms with Gasteiger partial charge in [0.25, 0.3) is 0 Å². The van der Waals surface area contributed by atoms with E-state index in [1.54, 1.807) is 0 Å². The maximum absolute atomic E-state index is 13.2. The van der Waals surface area contributed by atoms with Gasteiger partial charge in [-0.05, 0) is 18.2 Å². The van der Waals surface area contributed by atoms with Crippen LogP contribution in [0.5, 0.6) is 17.2 Å². The second-order valence-electron chi connectivity index (χ2n) is 5.95. The Balaban J connectivity index is 1.81. The van der Waals surface area contributed by atoms with Crippen molar-refractivity contribution in [2.75, 3.05) is 21.3 Å². The third-order valence-corrected chi connectivity index (χ3v) is 4.39. The zero-order chi connectivity index (χ0) is 21.4. The number of carbonyl (C=O) groups is 1. The van der Waals surface area contributed by atoms with E-state index in [-0.39, 0.29) is 40.6 Å². The van der Waals surface area contributed by atoms with Gasteiger partial charge in [-0.15, -0.1) is 0 Å². The first-order valence-corrected chi connectivity index (χ1v) is 8.47. The maximum Gasteiger partial charge on any atom is 0.211 e. The smallest absolute Gasteiger partial charge is 0.211 e. The van der Waals surface area contributed by atoms with Gasteiger partial charge >= 0.3 is 0 Å². The molecule has 4 rings (SSSR count). The molecule has 0 saturated heterocycles. The van der Waals surface area contributed by atoms with E-state index in [9.17, 15) is 4.79 Å². The van der Waals surface area contributed by atoms with Crippen LogP contribution in [0.25, 0.3) is 22.3 Å². The van der Waals surface area contributed by atoms with Crippen LogP contribution in [0.3, 0.4) is 0 Å². The zero-order valence-electron chi connectivity index (χ0n) is 17.5. The number of ether oxygens (including phenoxy) is 3. The molecule has 0 bridgehead atoms. The van der Waals surface area contributed by atoms with Crippen LogP contribution in [0.15, 0.2) is 48.7 Å². The van der Waals surface area contributed by atoms with Crippen molar-refractivity contribution in [2.45, 2.75) is 0 Å². The van der Waals surface area contributed by atoms with Gasteiger partial charge < -0.3 is 24.2 Å². The number of nitrogens with one attached hydrogen (secondary N) is 2. The van der Waals surface area contributed by atoms with E-state index in [1.165, 1.54) is 27.5 Å². The number of aromatic amines is 2. The van der Waals surface area contributed by atoms with Gasteiger partial charge in [0.15, 0.2) is 11.5 Å². The SMILES string of the molecule is [2H]c1c(OC)c(OC)c(OC)c([2H])c1C(=O)c1cnc(-c2c[nH]c3ccccc23)[nH]1. The number of methoxy groups -OCH3 is 3. The molecule has 0 fully saturated rings. The molecule has 4 aromatic rings. The summed E-state index contributed by atoms with van der Waals surface area (Å²) >= 11 is 0. The normalized spacial score (nSPS) is 11.8. The lowest BCUT2D eigenvalue weighted by Gasteiger charge is -2.13. The highest BCUT2D eigenvalue weighted by Crippen LogP contribution is 2.38. The molecule has 0 radical (unpaired) electrons. The summed E-state index contributed by atoms with van der Waals surface area (Å²) in [6.45, 7) is 0. The molecule has 2 heterocycles.